The van der Waals surface area contributed by atoms with E-state index in [0.717, 1.165) is 6.20 Å². The SMILES string of the molecule is O=C(Nc1ccn([C@@H]2O[C@H](CI)[C@@H](O)C2(F)F)c(=O)n1)c1ccccc1. The molecule has 2 aromatic rings. The molecular formula is C16H14F2IN3O4. The van der Waals surface area contributed by atoms with Gasteiger partial charge >= 0.3 is 11.6 Å². The summed E-state index contributed by atoms with van der Waals surface area (Å²) in [6.07, 6.45) is -4.03. The lowest BCUT2D eigenvalue weighted by Gasteiger charge is -2.21. The van der Waals surface area contributed by atoms with Crippen LogP contribution in [0.15, 0.2) is 47.4 Å². The van der Waals surface area contributed by atoms with E-state index < -0.39 is 36.0 Å². The summed E-state index contributed by atoms with van der Waals surface area (Å²) in [5.41, 5.74) is -0.668. The monoisotopic (exact) mass is 477 g/mol. The summed E-state index contributed by atoms with van der Waals surface area (Å²) in [6, 6.07) is 9.47. The van der Waals surface area contributed by atoms with E-state index in [-0.39, 0.29) is 10.2 Å². The van der Waals surface area contributed by atoms with Gasteiger partial charge in [-0.3, -0.25) is 9.36 Å². The Morgan fingerprint density at radius 1 is 1.35 bits per heavy atom. The molecule has 0 saturated carbocycles. The number of aliphatic hydroxyl groups excluding tert-OH is 1. The molecule has 3 rings (SSSR count). The van der Waals surface area contributed by atoms with Crippen molar-refractivity contribution in [3.63, 3.8) is 0 Å². The Balaban J connectivity index is 1.82. The molecule has 1 aromatic carbocycles. The van der Waals surface area contributed by atoms with Crippen LogP contribution in [0.5, 0.6) is 0 Å². The number of carbonyl (C=O) groups excluding carboxylic acids is 1. The van der Waals surface area contributed by atoms with Gasteiger partial charge in [-0.05, 0) is 18.2 Å². The maximum absolute atomic E-state index is 14.2. The summed E-state index contributed by atoms with van der Waals surface area (Å²) in [7, 11) is 0. The van der Waals surface area contributed by atoms with Crippen molar-refractivity contribution in [2.24, 2.45) is 0 Å². The molecule has 0 spiro atoms. The highest BCUT2D eigenvalue weighted by Gasteiger charge is 2.59. The van der Waals surface area contributed by atoms with Gasteiger partial charge in [-0.25, -0.2) is 4.79 Å². The third-order valence-electron chi connectivity index (χ3n) is 3.89. The number of benzene rings is 1. The van der Waals surface area contributed by atoms with Crippen molar-refractivity contribution in [1.82, 2.24) is 9.55 Å². The smallest absolute Gasteiger partial charge is 0.351 e. The zero-order valence-corrected chi connectivity index (χ0v) is 15.3. The standard InChI is InChI=1S/C16H14F2IN3O4/c17-16(18)12(23)10(8-19)26-14(16)22-7-6-11(21-15(22)25)20-13(24)9-4-2-1-3-5-9/h1-7,10,12,14,23H,8H2,(H,20,21,24,25)/t10-,12-,14-/m1/s1. The van der Waals surface area contributed by atoms with Gasteiger partial charge in [0.15, 0.2) is 0 Å². The van der Waals surface area contributed by atoms with Crippen LogP contribution >= 0.6 is 22.6 Å². The normalized spacial score (nSPS) is 24.4. The number of alkyl halides is 3. The Hall–Kier alpha value is -1.92. The average molecular weight is 477 g/mol. The van der Waals surface area contributed by atoms with Gasteiger partial charge in [-0.15, -0.1) is 0 Å². The molecule has 1 saturated heterocycles. The van der Waals surface area contributed by atoms with Crippen LogP contribution in [-0.2, 0) is 4.74 Å². The summed E-state index contributed by atoms with van der Waals surface area (Å²) in [4.78, 5) is 27.8. The molecule has 2 N–H and O–H groups in total. The van der Waals surface area contributed by atoms with Gasteiger partial charge in [-0.1, -0.05) is 40.8 Å². The molecule has 1 fully saturated rings. The van der Waals surface area contributed by atoms with Crippen molar-refractivity contribution in [2.75, 3.05) is 9.74 Å². The van der Waals surface area contributed by atoms with E-state index in [9.17, 15) is 23.5 Å². The summed E-state index contributed by atoms with van der Waals surface area (Å²) < 4.78 is 34.3. The molecule has 138 valence electrons. The molecule has 1 aliphatic rings. The van der Waals surface area contributed by atoms with Crippen LogP contribution in [0.3, 0.4) is 0 Å². The Labute approximate surface area is 160 Å². The number of amides is 1. The van der Waals surface area contributed by atoms with Gasteiger partial charge in [0, 0.05) is 16.2 Å². The molecule has 0 aliphatic carbocycles. The molecule has 1 aromatic heterocycles. The summed E-state index contributed by atoms with van der Waals surface area (Å²) >= 11 is 1.81. The number of ether oxygens (including phenoxy) is 1. The van der Waals surface area contributed by atoms with E-state index in [1.807, 2.05) is 22.6 Å². The zero-order chi connectivity index (χ0) is 18.9. The first-order valence-electron chi connectivity index (χ1n) is 7.57. The van der Waals surface area contributed by atoms with Crippen LogP contribution in [0.4, 0.5) is 14.6 Å². The number of nitrogens with zero attached hydrogens (tertiary/aromatic N) is 2. The number of hydrogen-bond donors (Lipinski definition) is 2. The van der Waals surface area contributed by atoms with E-state index in [4.69, 9.17) is 4.74 Å². The summed E-state index contributed by atoms with van der Waals surface area (Å²) in [5, 5.41) is 12.1. The molecule has 0 radical (unpaired) electrons. The number of hydrogen-bond acceptors (Lipinski definition) is 5. The zero-order valence-electron chi connectivity index (χ0n) is 13.2. The van der Waals surface area contributed by atoms with Crippen molar-refractivity contribution < 1.29 is 23.4 Å². The quantitative estimate of drug-likeness (QED) is 0.518. The minimum atomic E-state index is -3.64. The highest BCUT2D eigenvalue weighted by Crippen LogP contribution is 2.42. The van der Waals surface area contributed by atoms with Crippen LogP contribution in [0.2, 0.25) is 0 Å². The number of rotatable bonds is 4. The number of halogens is 3. The molecule has 1 aliphatic heterocycles. The minimum Gasteiger partial charge on any atom is -0.384 e. The Kier molecular flexibility index (Phi) is 5.34. The van der Waals surface area contributed by atoms with Crippen molar-refractivity contribution in [1.29, 1.82) is 0 Å². The van der Waals surface area contributed by atoms with Crippen LogP contribution in [0.25, 0.3) is 0 Å². The first kappa shape index (κ1) is 18.9. The summed E-state index contributed by atoms with van der Waals surface area (Å²) in [6.45, 7) is 0. The number of aliphatic hydroxyl groups is 1. The van der Waals surface area contributed by atoms with E-state index in [1.165, 1.54) is 6.07 Å². The molecule has 2 heterocycles. The molecule has 7 nitrogen and oxygen atoms in total. The van der Waals surface area contributed by atoms with Gasteiger partial charge in [-0.2, -0.15) is 13.8 Å². The van der Waals surface area contributed by atoms with Crippen LogP contribution < -0.4 is 11.0 Å². The number of carbonyl (C=O) groups is 1. The minimum absolute atomic E-state index is 0.0765. The second kappa shape index (κ2) is 7.37. The van der Waals surface area contributed by atoms with E-state index in [0.29, 0.717) is 10.1 Å². The Morgan fingerprint density at radius 3 is 2.62 bits per heavy atom. The van der Waals surface area contributed by atoms with Crippen molar-refractivity contribution in [2.45, 2.75) is 24.4 Å². The fraction of sp³-hybridized carbons (Fsp3) is 0.312. The van der Waals surface area contributed by atoms with Crippen LogP contribution in [-0.4, -0.2) is 43.1 Å². The molecular weight excluding hydrogens is 463 g/mol. The predicted molar refractivity (Wildman–Crippen MR) is 96.6 cm³/mol. The number of aromatic nitrogens is 2. The molecule has 0 unspecified atom stereocenters. The topological polar surface area (TPSA) is 93.5 Å². The maximum atomic E-state index is 14.2. The molecule has 26 heavy (non-hydrogen) atoms. The van der Waals surface area contributed by atoms with Gasteiger partial charge < -0.3 is 15.2 Å². The first-order valence-corrected chi connectivity index (χ1v) is 9.10. The second-order valence-corrected chi connectivity index (χ2v) is 6.50. The number of anilines is 1. The Morgan fingerprint density at radius 2 is 2.04 bits per heavy atom. The molecule has 3 atom stereocenters. The van der Waals surface area contributed by atoms with E-state index in [2.05, 4.69) is 10.3 Å². The lowest BCUT2D eigenvalue weighted by molar-refractivity contribution is -0.140. The van der Waals surface area contributed by atoms with E-state index in [1.54, 1.807) is 30.3 Å². The fourth-order valence-electron chi connectivity index (χ4n) is 2.54. The second-order valence-electron chi connectivity index (χ2n) is 5.62. The summed E-state index contributed by atoms with van der Waals surface area (Å²) in [5.74, 6) is -4.21. The molecule has 0 bridgehead atoms. The third-order valence-corrected chi connectivity index (χ3v) is 4.76. The lowest BCUT2D eigenvalue weighted by atomic mass is 10.1. The highest BCUT2D eigenvalue weighted by atomic mass is 127. The third kappa shape index (κ3) is 3.48. The van der Waals surface area contributed by atoms with E-state index >= 15 is 0 Å². The molecule has 1 amide bonds. The first-order chi connectivity index (χ1) is 12.3. The van der Waals surface area contributed by atoms with Gasteiger partial charge in [0.25, 0.3) is 5.91 Å². The van der Waals surface area contributed by atoms with Crippen LogP contribution in [0, 0.1) is 0 Å². The lowest BCUT2D eigenvalue weighted by Crippen LogP contribution is -2.41. The van der Waals surface area contributed by atoms with Crippen LogP contribution in [0.1, 0.15) is 16.6 Å². The van der Waals surface area contributed by atoms with Gasteiger partial charge in [0.05, 0.1) is 0 Å². The predicted octanol–water partition coefficient (Wildman–Crippen LogP) is 1.82. The van der Waals surface area contributed by atoms with Gasteiger partial charge in [0.2, 0.25) is 6.23 Å². The average Bonchev–Trinajstić information content (AvgIpc) is 2.85. The largest absolute Gasteiger partial charge is 0.384 e. The van der Waals surface area contributed by atoms with Gasteiger partial charge in [0.1, 0.15) is 18.0 Å². The number of nitrogens with one attached hydrogen (secondary N) is 1. The molecule has 10 heteroatoms. The van der Waals surface area contributed by atoms with Crippen molar-refractivity contribution >= 4 is 34.3 Å². The van der Waals surface area contributed by atoms with Crippen molar-refractivity contribution in [3.05, 3.63) is 58.6 Å². The van der Waals surface area contributed by atoms with Crippen molar-refractivity contribution in [3.8, 4) is 0 Å². The fourth-order valence-corrected chi connectivity index (χ4v) is 3.22. The maximum Gasteiger partial charge on any atom is 0.351 e. The Bertz CT molecular complexity index is 862. The highest BCUT2D eigenvalue weighted by molar-refractivity contribution is 14.1.